The summed E-state index contributed by atoms with van der Waals surface area (Å²) >= 11 is 0. The van der Waals surface area contributed by atoms with Gasteiger partial charge in [-0.2, -0.15) is 0 Å². The summed E-state index contributed by atoms with van der Waals surface area (Å²) in [5.41, 5.74) is 7.32. The molecule has 2 aliphatic rings. The molecule has 2 N–H and O–H groups in total. The first-order chi connectivity index (χ1) is 9.63. The van der Waals surface area contributed by atoms with E-state index in [-0.39, 0.29) is 0 Å². The van der Waals surface area contributed by atoms with Crippen LogP contribution < -0.4 is 5.73 Å². The molecule has 1 saturated heterocycles. The van der Waals surface area contributed by atoms with E-state index in [1.807, 2.05) is 0 Å². The Bertz CT molecular complexity index is 451. The molecule has 2 unspecified atom stereocenters. The highest BCUT2D eigenvalue weighted by atomic mass is 15.2. The molecule has 0 radical (unpaired) electrons. The van der Waals surface area contributed by atoms with Crippen LogP contribution in [0.4, 0.5) is 0 Å². The van der Waals surface area contributed by atoms with E-state index in [4.69, 9.17) is 10.7 Å². The second kappa shape index (κ2) is 5.86. The lowest BCUT2D eigenvalue weighted by Gasteiger charge is -2.38. The van der Waals surface area contributed by atoms with Crippen LogP contribution in [0.25, 0.3) is 0 Å². The first-order valence-corrected chi connectivity index (χ1v) is 8.19. The van der Waals surface area contributed by atoms with Crippen molar-refractivity contribution in [3.63, 3.8) is 0 Å². The Labute approximate surface area is 122 Å². The van der Waals surface area contributed by atoms with Gasteiger partial charge in [-0.1, -0.05) is 6.42 Å². The molecule has 2 aliphatic heterocycles. The second-order valence-electron chi connectivity index (χ2n) is 6.78. The standard InChI is InChI=1S/C16H28N4/c1-12(2)20-8-4-3-5-15(20)9-14-11-19-10-13(17)6-7-16(19)18-14/h11-13,15H,3-10,17H2,1-2H3. The fourth-order valence-corrected chi connectivity index (χ4v) is 3.79. The number of piperidine rings is 1. The zero-order valence-electron chi connectivity index (χ0n) is 12.9. The maximum atomic E-state index is 6.05. The van der Waals surface area contributed by atoms with Gasteiger partial charge in [-0.15, -0.1) is 0 Å². The van der Waals surface area contributed by atoms with Crippen LogP contribution in [0.3, 0.4) is 0 Å². The van der Waals surface area contributed by atoms with Crippen molar-refractivity contribution in [2.24, 2.45) is 5.73 Å². The molecule has 112 valence electrons. The quantitative estimate of drug-likeness (QED) is 0.918. The number of fused-ring (bicyclic) bond motifs is 1. The summed E-state index contributed by atoms with van der Waals surface area (Å²) in [5, 5.41) is 0. The van der Waals surface area contributed by atoms with Crippen LogP contribution in [0.15, 0.2) is 6.20 Å². The number of nitrogens with two attached hydrogens (primary N) is 1. The second-order valence-corrected chi connectivity index (χ2v) is 6.78. The molecular weight excluding hydrogens is 248 g/mol. The minimum atomic E-state index is 0.311. The Morgan fingerprint density at radius 2 is 2.20 bits per heavy atom. The topological polar surface area (TPSA) is 47.1 Å². The van der Waals surface area contributed by atoms with Gasteiger partial charge in [0.1, 0.15) is 5.82 Å². The molecule has 3 rings (SSSR count). The van der Waals surface area contributed by atoms with E-state index in [0.717, 1.165) is 25.8 Å². The molecule has 20 heavy (non-hydrogen) atoms. The molecule has 1 fully saturated rings. The van der Waals surface area contributed by atoms with E-state index in [2.05, 4.69) is 29.5 Å². The maximum absolute atomic E-state index is 6.05. The summed E-state index contributed by atoms with van der Waals surface area (Å²) < 4.78 is 2.28. The molecule has 0 spiro atoms. The number of nitrogens with zero attached hydrogens (tertiary/aromatic N) is 3. The van der Waals surface area contributed by atoms with Gasteiger partial charge >= 0.3 is 0 Å². The number of aromatic nitrogens is 2. The average Bonchev–Trinajstić information content (AvgIpc) is 2.80. The van der Waals surface area contributed by atoms with E-state index < -0.39 is 0 Å². The SMILES string of the molecule is CC(C)N1CCCCC1Cc1cn2c(n1)CCC(N)C2. The number of likely N-dealkylation sites (tertiary alicyclic amines) is 1. The van der Waals surface area contributed by atoms with Gasteiger partial charge in [0.2, 0.25) is 0 Å². The van der Waals surface area contributed by atoms with E-state index in [1.165, 1.54) is 37.3 Å². The predicted octanol–water partition coefficient (Wildman–Crippen LogP) is 1.96. The monoisotopic (exact) mass is 276 g/mol. The Morgan fingerprint density at radius 3 is 3.00 bits per heavy atom. The number of hydrogen-bond donors (Lipinski definition) is 1. The Kier molecular flexibility index (Phi) is 4.13. The molecule has 0 aromatic carbocycles. The van der Waals surface area contributed by atoms with Crippen LogP contribution in [0.2, 0.25) is 0 Å². The van der Waals surface area contributed by atoms with E-state index in [9.17, 15) is 0 Å². The highest BCUT2D eigenvalue weighted by Gasteiger charge is 2.26. The van der Waals surface area contributed by atoms with Crippen molar-refractivity contribution in [1.29, 1.82) is 0 Å². The number of imidazole rings is 1. The normalized spacial score (nSPS) is 27.8. The third-order valence-corrected chi connectivity index (χ3v) is 4.86. The molecule has 2 atom stereocenters. The minimum absolute atomic E-state index is 0.311. The lowest BCUT2D eigenvalue weighted by molar-refractivity contribution is 0.111. The Balaban J connectivity index is 1.70. The van der Waals surface area contributed by atoms with Gasteiger partial charge in [0.15, 0.2) is 0 Å². The average molecular weight is 276 g/mol. The molecule has 1 aromatic rings. The van der Waals surface area contributed by atoms with Crippen molar-refractivity contribution in [2.45, 2.75) is 77.0 Å². The smallest absolute Gasteiger partial charge is 0.109 e. The molecule has 4 heteroatoms. The van der Waals surface area contributed by atoms with Gasteiger partial charge in [-0.05, 0) is 39.7 Å². The van der Waals surface area contributed by atoms with Crippen molar-refractivity contribution in [3.05, 3.63) is 17.7 Å². The Morgan fingerprint density at radius 1 is 1.35 bits per heavy atom. The predicted molar refractivity (Wildman–Crippen MR) is 81.7 cm³/mol. The largest absolute Gasteiger partial charge is 0.333 e. The molecule has 3 heterocycles. The van der Waals surface area contributed by atoms with Gasteiger partial charge < -0.3 is 10.3 Å². The number of aryl methyl sites for hydroxylation is 1. The summed E-state index contributed by atoms with van der Waals surface area (Å²) in [5.74, 6) is 1.24. The summed E-state index contributed by atoms with van der Waals surface area (Å²) in [6.07, 6.45) is 9.52. The first kappa shape index (κ1) is 14.1. The summed E-state index contributed by atoms with van der Waals surface area (Å²) in [6.45, 7) is 6.83. The lowest BCUT2D eigenvalue weighted by atomic mass is 9.97. The third-order valence-electron chi connectivity index (χ3n) is 4.86. The third kappa shape index (κ3) is 2.91. The van der Waals surface area contributed by atoms with E-state index in [1.54, 1.807) is 0 Å². The van der Waals surface area contributed by atoms with Crippen LogP contribution in [0.5, 0.6) is 0 Å². The zero-order chi connectivity index (χ0) is 14.1. The van der Waals surface area contributed by atoms with E-state index >= 15 is 0 Å². The van der Waals surface area contributed by atoms with Crippen LogP contribution in [-0.2, 0) is 19.4 Å². The van der Waals surface area contributed by atoms with E-state index in [0.29, 0.717) is 18.1 Å². The van der Waals surface area contributed by atoms with Crippen LogP contribution >= 0.6 is 0 Å². The fourth-order valence-electron chi connectivity index (χ4n) is 3.79. The molecule has 0 aliphatic carbocycles. The Hall–Kier alpha value is -0.870. The van der Waals surface area contributed by atoms with Crippen LogP contribution in [-0.4, -0.2) is 39.1 Å². The molecule has 0 bridgehead atoms. The fraction of sp³-hybridized carbons (Fsp3) is 0.812. The van der Waals surface area contributed by atoms with Crippen molar-refractivity contribution < 1.29 is 0 Å². The lowest BCUT2D eigenvalue weighted by Crippen LogP contribution is -2.45. The van der Waals surface area contributed by atoms with Gasteiger partial charge in [0.25, 0.3) is 0 Å². The molecule has 0 saturated carbocycles. The van der Waals surface area contributed by atoms with Crippen LogP contribution in [0, 0.1) is 0 Å². The summed E-state index contributed by atoms with van der Waals surface area (Å²) in [6, 6.07) is 1.63. The van der Waals surface area contributed by atoms with Crippen molar-refractivity contribution >= 4 is 0 Å². The highest BCUT2D eigenvalue weighted by Crippen LogP contribution is 2.23. The molecular formula is C16H28N4. The van der Waals surface area contributed by atoms with Crippen molar-refractivity contribution in [1.82, 2.24) is 14.5 Å². The van der Waals surface area contributed by atoms with Crippen LogP contribution in [0.1, 0.15) is 51.0 Å². The van der Waals surface area contributed by atoms with Gasteiger partial charge in [-0.3, -0.25) is 4.90 Å². The number of hydrogen-bond acceptors (Lipinski definition) is 3. The van der Waals surface area contributed by atoms with Gasteiger partial charge in [0.05, 0.1) is 5.69 Å². The highest BCUT2D eigenvalue weighted by molar-refractivity contribution is 5.09. The molecule has 0 amide bonds. The number of rotatable bonds is 3. The zero-order valence-corrected chi connectivity index (χ0v) is 12.9. The molecule has 1 aromatic heterocycles. The maximum Gasteiger partial charge on any atom is 0.109 e. The van der Waals surface area contributed by atoms with Gasteiger partial charge in [0, 0.05) is 43.7 Å². The molecule has 4 nitrogen and oxygen atoms in total. The van der Waals surface area contributed by atoms with Crippen molar-refractivity contribution in [2.75, 3.05) is 6.54 Å². The summed E-state index contributed by atoms with van der Waals surface area (Å²) in [4.78, 5) is 7.51. The minimum Gasteiger partial charge on any atom is -0.333 e. The van der Waals surface area contributed by atoms with Gasteiger partial charge in [-0.25, -0.2) is 4.98 Å². The first-order valence-electron chi connectivity index (χ1n) is 8.19. The van der Waals surface area contributed by atoms with Crippen molar-refractivity contribution in [3.8, 4) is 0 Å². The summed E-state index contributed by atoms with van der Waals surface area (Å²) in [7, 11) is 0.